The van der Waals surface area contributed by atoms with Gasteiger partial charge in [0.05, 0.1) is 18.8 Å². The molecule has 21 N–H and O–H groups in total. The largest absolute Gasteiger partial charge is 0.508 e. The number of rotatable bonds is 22. The molecule has 0 unspecified atom stereocenters. The first-order valence-electron chi connectivity index (χ1n) is 26.2. The van der Waals surface area contributed by atoms with E-state index in [9.17, 15) is 73.2 Å². The molecule has 0 spiro atoms. The quantitative estimate of drug-likeness (QED) is 0.0389. The number of nitrogens with one attached hydrogen (secondary N) is 9. The second kappa shape index (κ2) is 35.6. The highest BCUT2D eigenvalue weighted by molar-refractivity contribution is 8.76. The van der Waals surface area contributed by atoms with Crippen molar-refractivity contribution in [3.05, 3.63) is 65.7 Å². The van der Waals surface area contributed by atoms with Crippen molar-refractivity contribution in [1.29, 1.82) is 0 Å². The second-order valence-electron chi connectivity index (χ2n) is 19.2. The number of primary amides is 1. The number of carbonyl (C=O) groups excluding carboxylic acids is 10. The van der Waals surface area contributed by atoms with E-state index in [4.69, 9.17) is 22.9 Å². The standard InChI is InChI=1S/C51H77N13O15S2/c1-27-42(69)61-37(24-65)47(74)59-35(18-19-40(55)68)46(73)58-33(12-6-8-20-52)44(71)57-34(13-7-9-21-53)45(72)63-38(48(75)60-36(51(78)79)23-30-14-16-31(67)17-15-30)25-80-81-26-39(49(76)64-41(28(2)66)50(77)56-27)62-43(70)32(54)22-29-10-4-3-5-11-29/h3-5,10-11,14-17,27-28,32-39,41,65-67H,6-9,12-13,18-26,52-54H2,1-2H3,(H2,55,68)(H,56,77)(H,57,71)(H,58,73)(H,59,74)(H,60,75)(H,61,69)(H,62,70)(H,63,72)(H,64,76)(H,78,79)/t27-,28+,32-,33-,34-,35-,36-,37-,38-,39-,41-/m0/s1. The number of benzene rings is 2. The SMILES string of the molecule is C[C@@H]1NC(=O)[C@H]([C@@H](C)O)NC(=O)[C@@H](NC(=O)[C@@H](N)Cc2ccccc2)CSSC[C@@H](C(=O)N[C@@H](Cc2ccc(O)cc2)C(=O)O)NC(=O)[C@H](CCCCN)NC(=O)[C@H](CCCCN)NC(=O)[C@H](CCC(N)=O)NC(=O)[C@H](CO)NC1=O. The van der Waals surface area contributed by atoms with Gasteiger partial charge in [-0.15, -0.1) is 0 Å². The van der Waals surface area contributed by atoms with E-state index in [1.807, 2.05) is 0 Å². The van der Waals surface area contributed by atoms with Crippen molar-refractivity contribution in [3.63, 3.8) is 0 Å². The first-order valence-corrected chi connectivity index (χ1v) is 28.7. The van der Waals surface area contributed by atoms with Gasteiger partial charge in [0.15, 0.2) is 0 Å². The van der Waals surface area contributed by atoms with E-state index in [2.05, 4.69) is 47.9 Å². The molecule has 1 heterocycles. The summed E-state index contributed by atoms with van der Waals surface area (Å²) in [4.78, 5) is 150. The van der Waals surface area contributed by atoms with Crippen molar-refractivity contribution < 1.29 is 73.2 Å². The predicted octanol–water partition coefficient (Wildman–Crippen LogP) is -4.74. The number of amides is 10. The third-order valence-corrected chi connectivity index (χ3v) is 15.0. The van der Waals surface area contributed by atoms with E-state index in [-0.39, 0.29) is 68.9 Å². The molecule has 2 aromatic carbocycles. The van der Waals surface area contributed by atoms with Gasteiger partial charge in [0.2, 0.25) is 59.1 Å². The fourth-order valence-electron chi connectivity index (χ4n) is 7.86. The molecule has 28 nitrogen and oxygen atoms in total. The summed E-state index contributed by atoms with van der Waals surface area (Å²) in [7, 11) is 1.77. The molecule has 1 fully saturated rings. The normalized spacial score (nSPS) is 23.5. The fraction of sp³-hybridized carbons (Fsp3) is 0.549. The molecule has 1 aliphatic heterocycles. The van der Waals surface area contributed by atoms with Gasteiger partial charge in [-0.05, 0) is 102 Å². The van der Waals surface area contributed by atoms with Crippen molar-refractivity contribution >= 4 is 86.6 Å². The molecule has 1 aliphatic rings. The van der Waals surface area contributed by atoms with Gasteiger partial charge in [-0.25, -0.2) is 4.79 Å². The van der Waals surface area contributed by atoms with E-state index in [0.29, 0.717) is 24.0 Å². The Balaban J connectivity index is 2.17. The average molecular weight is 1180 g/mol. The molecule has 0 bridgehead atoms. The Kier molecular flexibility index (Phi) is 30.0. The van der Waals surface area contributed by atoms with Crippen LogP contribution in [0.4, 0.5) is 0 Å². The second-order valence-corrected chi connectivity index (χ2v) is 21.8. The highest BCUT2D eigenvalue weighted by Crippen LogP contribution is 2.24. The summed E-state index contributed by atoms with van der Waals surface area (Å²) in [6.45, 7) is 1.63. The number of aliphatic hydroxyl groups is 2. The zero-order chi connectivity index (χ0) is 60.2. The minimum Gasteiger partial charge on any atom is -0.508 e. The van der Waals surface area contributed by atoms with Crippen molar-refractivity contribution in [3.8, 4) is 5.75 Å². The Hall–Kier alpha value is -7.09. The number of carbonyl (C=O) groups is 11. The molecule has 0 saturated carbocycles. The molecule has 0 aromatic heterocycles. The van der Waals surface area contributed by atoms with Gasteiger partial charge in [-0.2, -0.15) is 0 Å². The molecular formula is C51H77N13O15S2. The number of hydrogen-bond donors (Lipinski definition) is 17. The highest BCUT2D eigenvalue weighted by Gasteiger charge is 2.36. The van der Waals surface area contributed by atoms with Gasteiger partial charge in [-0.1, -0.05) is 64.1 Å². The molecule has 0 aliphatic carbocycles. The molecule has 30 heteroatoms. The molecule has 11 atom stereocenters. The number of unbranched alkanes of at least 4 members (excludes halogenated alkanes) is 2. The first-order chi connectivity index (χ1) is 38.5. The first kappa shape index (κ1) is 68.2. The maximum atomic E-state index is 14.5. The Labute approximate surface area is 476 Å². The van der Waals surface area contributed by atoms with Crippen molar-refractivity contribution in [1.82, 2.24) is 47.9 Å². The lowest BCUT2D eigenvalue weighted by Crippen LogP contribution is -2.62. The van der Waals surface area contributed by atoms with Crippen LogP contribution in [0.3, 0.4) is 0 Å². The van der Waals surface area contributed by atoms with Crippen LogP contribution in [-0.4, -0.2) is 183 Å². The van der Waals surface area contributed by atoms with Crippen LogP contribution in [0.25, 0.3) is 0 Å². The summed E-state index contributed by atoms with van der Waals surface area (Å²) in [5, 5.41) is 63.1. The number of nitrogens with two attached hydrogens (primary N) is 4. The van der Waals surface area contributed by atoms with Gasteiger partial charge in [-0.3, -0.25) is 47.9 Å². The molecule has 0 radical (unpaired) electrons. The summed E-state index contributed by atoms with van der Waals surface area (Å²) in [5.74, 6) is -12.2. The maximum absolute atomic E-state index is 14.5. The Bertz CT molecular complexity index is 2450. The number of aliphatic carboxylic acids is 1. The molecule has 448 valence electrons. The van der Waals surface area contributed by atoms with Crippen LogP contribution in [0, 0.1) is 0 Å². The van der Waals surface area contributed by atoms with Crippen molar-refractivity contribution in [2.75, 3.05) is 31.2 Å². The zero-order valence-electron chi connectivity index (χ0n) is 45.1. The van der Waals surface area contributed by atoms with Crippen molar-refractivity contribution in [2.45, 2.75) is 145 Å². The lowest BCUT2D eigenvalue weighted by Gasteiger charge is -2.28. The highest BCUT2D eigenvalue weighted by atomic mass is 33.1. The average Bonchev–Trinajstić information content (AvgIpc) is 3.43. The summed E-state index contributed by atoms with van der Waals surface area (Å²) >= 11 is 0. The lowest BCUT2D eigenvalue weighted by atomic mass is 10.0. The van der Waals surface area contributed by atoms with Gasteiger partial charge in [0.25, 0.3) is 0 Å². The monoisotopic (exact) mass is 1180 g/mol. The minimum absolute atomic E-state index is 0.0358. The molecule has 1 saturated heterocycles. The topological polar surface area (TPSA) is 481 Å². The van der Waals surface area contributed by atoms with Gasteiger partial charge in [0.1, 0.15) is 60.1 Å². The minimum atomic E-state index is -1.80. The number of phenolic OH excluding ortho intramolecular Hbond substituents is 1. The summed E-state index contributed by atoms with van der Waals surface area (Å²) in [6.07, 6.45) is -1.72. The van der Waals surface area contributed by atoms with Gasteiger partial charge in [0, 0.05) is 24.3 Å². The van der Waals surface area contributed by atoms with E-state index in [0.717, 1.165) is 28.5 Å². The Morgan fingerprint density at radius 1 is 0.654 bits per heavy atom. The third kappa shape index (κ3) is 24.3. The maximum Gasteiger partial charge on any atom is 0.326 e. The summed E-state index contributed by atoms with van der Waals surface area (Å²) in [5.41, 5.74) is 24.3. The smallest absolute Gasteiger partial charge is 0.326 e. The number of aromatic hydroxyl groups is 1. The predicted molar refractivity (Wildman–Crippen MR) is 299 cm³/mol. The Morgan fingerprint density at radius 3 is 1.70 bits per heavy atom. The fourth-order valence-corrected chi connectivity index (χ4v) is 10.2. The van der Waals surface area contributed by atoms with Crippen molar-refractivity contribution in [2.24, 2.45) is 22.9 Å². The number of aliphatic hydroxyl groups excluding tert-OH is 2. The Morgan fingerprint density at radius 2 is 1.17 bits per heavy atom. The number of carboxylic acids is 1. The zero-order valence-corrected chi connectivity index (χ0v) is 46.7. The number of phenols is 1. The van der Waals surface area contributed by atoms with Crippen LogP contribution in [0.1, 0.15) is 76.3 Å². The molecule has 81 heavy (non-hydrogen) atoms. The summed E-state index contributed by atoms with van der Waals surface area (Å²) < 4.78 is 0. The van der Waals surface area contributed by atoms with E-state index in [1.54, 1.807) is 30.3 Å². The van der Waals surface area contributed by atoms with Crippen LogP contribution in [0.5, 0.6) is 5.75 Å². The van der Waals surface area contributed by atoms with Gasteiger partial charge >= 0.3 is 5.97 Å². The van der Waals surface area contributed by atoms with Crippen LogP contribution < -0.4 is 70.8 Å². The third-order valence-electron chi connectivity index (χ3n) is 12.5. The molecule has 10 amide bonds. The van der Waals surface area contributed by atoms with Crippen LogP contribution in [0.2, 0.25) is 0 Å². The lowest BCUT2D eigenvalue weighted by molar-refractivity contribution is -0.142. The van der Waals surface area contributed by atoms with Crippen LogP contribution in [0.15, 0.2) is 54.6 Å². The summed E-state index contributed by atoms with van der Waals surface area (Å²) in [6, 6.07) is -1.36. The van der Waals surface area contributed by atoms with Gasteiger partial charge < -0.3 is 91.2 Å². The number of hydrogen-bond acceptors (Lipinski definition) is 19. The molecule has 3 rings (SSSR count). The molecular weight excluding hydrogens is 1100 g/mol. The van der Waals surface area contributed by atoms with Crippen LogP contribution in [-0.2, 0) is 65.6 Å². The number of carboxylic acid groups (broad SMARTS) is 1. The van der Waals surface area contributed by atoms with Crippen LogP contribution >= 0.6 is 21.6 Å². The van der Waals surface area contributed by atoms with E-state index in [1.165, 1.54) is 31.2 Å². The molecule has 2 aromatic rings. The van der Waals surface area contributed by atoms with E-state index >= 15 is 0 Å². The van der Waals surface area contributed by atoms with E-state index < -0.39 is 151 Å².